The van der Waals surface area contributed by atoms with Gasteiger partial charge in [-0.2, -0.15) is 9.61 Å². The molecule has 5 aromatic rings. The lowest BCUT2D eigenvalue weighted by molar-refractivity contribution is 0.450. The fourth-order valence-electron chi connectivity index (χ4n) is 3.00. The van der Waals surface area contributed by atoms with Crippen LogP contribution in [0.5, 0.6) is 0 Å². The zero-order valence-corrected chi connectivity index (χ0v) is 14.0. The second kappa shape index (κ2) is 5.16. The van der Waals surface area contributed by atoms with E-state index in [2.05, 4.69) is 20.2 Å². The summed E-state index contributed by atoms with van der Waals surface area (Å²) in [5.74, 6) is 0.413. The second-order valence-corrected chi connectivity index (χ2v) is 6.11. The molecular weight excluding hydrogens is 334 g/mol. The Bertz CT molecular complexity index is 1340. The third-order valence-electron chi connectivity index (χ3n) is 4.31. The fraction of sp³-hybridized carbons (Fsp3) is 0.111. The van der Waals surface area contributed by atoms with Crippen molar-refractivity contribution in [2.45, 2.75) is 13.8 Å². The topological polar surface area (TPSA) is 102 Å². The van der Waals surface area contributed by atoms with Crippen LogP contribution in [0.4, 0.5) is 0 Å². The van der Waals surface area contributed by atoms with Crippen LogP contribution < -0.4 is 5.56 Å². The van der Waals surface area contributed by atoms with Crippen molar-refractivity contribution in [1.82, 2.24) is 24.7 Å². The molecule has 128 valence electrons. The van der Waals surface area contributed by atoms with Crippen LogP contribution in [-0.2, 0) is 0 Å². The molecule has 0 spiro atoms. The Morgan fingerprint density at radius 2 is 2.08 bits per heavy atom. The van der Waals surface area contributed by atoms with Crippen LogP contribution >= 0.6 is 0 Å². The molecule has 0 aliphatic heterocycles. The molecule has 0 bridgehead atoms. The van der Waals surface area contributed by atoms with Crippen LogP contribution in [0.2, 0.25) is 0 Å². The first kappa shape index (κ1) is 14.6. The molecule has 0 saturated heterocycles. The van der Waals surface area contributed by atoms with Crippen molar-refractivity contribution in [2.75, 3.05) is 0 Å². The van der Waals surface area contributed by atoms with Crippen LogP contribution in [0.3, 0.4) is 0 Å². The second-order valence-electron chi connectivity index (χ2n) is 6.11. The van der Waals surface area contributed by atoms with E-state index in [0.717, 1.165) is 22.3 Å². The predicted octanol–water partition coefficient (Wildman–Crippen LogP) is 3.10. The Labute approximate surface area is 146 Å². The highest BCUT2D eigenvalue weighted by molar-refractivity contribution is 5.85. The largest absolute Gasteiger partial charge is 0.444 e. The molecule has 0 unspecified atom stereocenters. The first-order valence-corrected chi connectivity index (χ1v) is 8.00. The van der Waals surface area contributed by atoms with Gasteiger partial charge in [-0.1, -0.05) is 5.16 Å². The summed E-state index contributed by atoms with van der Waals surface area (Å²) in [6.07, 6.45) is 3.12. The van der Waals surface area contributed by atoms with E-state index in [9.17, 15) is 4.79 Å². The summed E-state index contributed by atoms with van der Waals surface area (Å²) >= 11 is 0. The summed E-state index contributed by atoms with van der Waals surface area (Å²) in [7, 11) is 0. The Hall–Kier alpha value is -3.68. The average Bonchev–Trinajstić information content (AvgIpc) is 3.33. The van der Waals surface area contributed by atoms with Crippen LogP contribution in [0.25, 0.3) is 39.3 Å². The maximum Gasteiger partial charge on any atom is 0.274 e. The number of benzene rings is 1. The molecule has 8 heteroatoms. The van der Waals surface area contributed by atoms with Gasteiger partial charge in [-0.3, -0.25) is 4.79 Å². The van der Waals surface area contributed by atoms with E-state index in [1.165, 1.54) is 10.6 Å². The molecule has 0 atom stereocenters. The number of rotatable bonds is 2. The summed E-state index contributed by atoms with van der Waals surface area (Å²) < 4.78 is 12.0. The molecule has 5 rings (SSSR count). The van der Waals surface area contributed by atoms with Gasteiger partial charge >= 0.3 is 0 Å². The van der Waals surface area contributed by atoms with Crippen LogP contribution in [0.15, 0.2) is 50.5 Å². The number of hydrogen-bond donors (Lipinski definition) is 1. The lowest BCUT2D eigenvalue weighted by atomic mass is 10.1. The number of aromatic nitrogens is 5. The average molecular weight is 347 g/mol. The van der Waals surface area contributed by atoms with E-state index in [1.807, 2.05) is 32.0 Å². The monoisotopic (exact) mass is 347 g/mol. The third-order valence-corrected chi connectivity index (χ3v) is 4.31. The molecular formula is C18H13N5O3. The Kier molecular flexibility index (Phi) is 2.90. The van der Waals surface area contributed by atoms with Gasteiger partial charge in [0, 0.05) is 11.5 Å². The molecule has 0 fully saturated rings. The number of aromatic amines is 1. The van der Waals surface area contributed by atoms with Crippen molar-refractivity contribution in [1.29, 1.82) is 0 Å². The van der Waals surface area contributed by atoms with E-state index in [4.69, 9.17) is 8.94 Å². The number of H-pyrrole nitrogens is 1. The smallest absolute Gasteiger partial charge is 0.274 e. The van der Waals surface area contributed by atoms with Gasteiger partial charge < -0.3 is 13.9 Å². The minimum absolute atomic E-state index is 0.245. The highest BCUT2D eigenvalue weighted by Gasteiger charge is 2.16. The third kappa shape index (κ3) is 2.08. The minimum Gasteiger partial charge on any atom is -0.444 e. The van der Waals surface area contributed by atoms with Crippen molar-refractivity contribution in [3.63, 3.8) is 0 Å². The number of fused-ring (bicyclic) bond motifs is 2. The van der Waals surface area contributed by atoms with Crippen molar-refractivity contribution >= 4 is 16.6 Å². The highest BCUT2D eigenvalue weighted by atomic mass is 16.5. The van der Waals surface area contributed by atoms with Crippen LogP contribution in [0, 0.1) is 13.8 Å². The Balaban J connectivity index is 1.75. The van der Waals surface area contributed by atoms with Gasteiger partial charge in [0.05, 0.1) is 23.3 Å². The normalized spacial score (nSPS) is 11.6. The first-order chi connectivity index (χ1) is 12.6. The summed E-state index contributed by atoms with van der Waals surface area (Å²) in [6, 6.07) is 7.16. The zero-order valence-electron chi connectivity index (χ0n) is 14.0. The number of hydrogen-bond acceptors (Lipinski definition) is 6. The van der Waals surface area contributed by atoms with Gasteiger partial charge in [-0.15, -0.1) is 0 Å². The van der Waals surface area contributed by atoms with Gasteiger partial charge in [0.25, 0.3) is 5.56 Å². The van der Waals surface area contributed by atoms with E-state index in [-0.39, 0.29) is 5.56 Å². The van der Waals surface area contributed by atoms with E-state index >= 15 is 0 Å². The van der Waals surface area contributed by atoms with Gasteiger partial charge in [-0.25, -0.2) is 4.98 Å². The lowest BCUT2D eigenvalue weighted by Crippen LogP contribution is -2.14. The van der Waals surface area contributed by atoms with Crippen molar-refractivity contribution < 1.29 is 8.94 Å². The molecule has 0 radical (unpaired) electrons. The van der Waals surface area contributed by atoms with Gasteiger partial charge in [0.15, 0.2) is 11.2 Å². The SMILES string of the molecule is Cc1coc(-c2cnn3c(=O)cc(-c4ccc5onc(C)c5c4)[nH]c23)n1. The van der Waals surface area contributed by atoms with Crippen molar-refractivity contribution in [3.05, 3.63) is 58.5 Å². The molecule has 0 aliphatic carbocycles. The first-order valence-electron chi connectivity index (χ1n) is 8.00. The van der Waals surface area contributed by atoms with Crippen molar-refractivity contribution in [2.24, 2.45) is 0 Å². The van der Waals surface area contributed by atoms with Crippen molar-refractivity contribution in [3.8, 4) is 22.7 Å². The van der Waals surface area contributed by atoms with Gasteiger partial charge in [0.2, 0.25) is 5.89 Å². The number of oxazole rings is 1. The molecule has 4 aromatic heterocycles. The molecule has 0 saturated carbocycles. The molecule has 8 nitrogen and oxygen atoms in total. The maximum atomic E-state index is 12.5. The molecule has 0 amide bonds. The molecule has 1 N–H and O–H groups in total. The predicted molar refractivity (Wildman–Crippen MR) is 93.8 cm³/mol. The summed E-state index contributed by atoms with van der Waals surface area (Å²) in [5.41, 5.74) is 4.67. The number of aryl methyl sites for hydroxylation is 2. The molecule has 0 aliphatic rings. The Morgan fingerprint density at radius 1 is 1.19 bits per heavy atom. The number of nitrogens with one attached hydrogen (secondary N) is 1. The lowest BCUT2D eigenvalue weighted by Gasteiger charge is -2.04. The van der Waals surface area contributed by atoms with Crippen LogP contribution in [-0.4, -0.2) is 24.7 Å². The quantitative estimate of drug-likeness (QED) is 0.526. The number of nitrogens with zero attached hydrogens (tertiary/aromatic N) is 4. The molecule has 1 aromatic carbocycles. The maximum absolute atomic E-state index is 12.5. The van der Waals surface area contributed by atoms with Crippen LogP contribution in [0.1, 0.15) is 11.4 Å². The zero-order chi connectivity index (χ0) is 17.8. The van der Waals surface area contributed by atoms with E-state index < -0.39 is 0 Å². The highest BCUT2D eigenvalue weighted by Crippen LogP contribution is 2.27. The standard InChI is InChI=1S/C18H13N5O3/c1-9-8-25-18(20-9)13-7-19-23-16(24)6-14(21-17(13)23)11-3-4-15-12(5-11)10(2)22-26-15/h3-8,21H,1-2H3. The summed E-state index contributed by atoms with van der Waals surface area (Å²) in [4.78, 5) is 20.1. The summed E-state index contributed by atoms with van der Waals surface area (Å²) in [6.45, 7) is 3.71. The van der Waals surface area contributed by atoms with Gasteiger partial charge in [0.1, 0.15) is 11.8 Å². The van der Waals surface area contributed by atoms with Gasteiger partial charge in [-0.05, 0) is 37.6 Å². The minimum atomic E-state index is -0.245. The summed E-state index contributed by atoms with van der Waals surface area (Å²) in [5, 5.41) is 9.01. The molecule has 26 heavy (non-hydrogen) atoms. The fourth-order valence-corrected chi connectivity index (χ4v) is 3.00. The Morgan fingerprint density at radius 3 is 2.88 bits per heavy atom. The van der Waals surface area contributed by atoms with E-state index in [0.29, 0.717) is 28.4 Å². The van der Waals surface area contributed by atoms with E-state index in [1.54, 1.807) is 12.5 Å². The molecule has 4 heterocycles.